The summed E-state index contributed by atoms with van der Waals surface area (Å²) in [5.41, 5.74) is 0.688. The molecule has 11 heavy (non-hydrogen) atoms. The van der Waals surface area contributed by atoms with Crippen LogP contribution < -0.4 is 5.69 Å². The van der Waals surface area contributed by atoms with Gasteiger partial charge in [0.05, 0.1) is 6.33 Å². The Bertz CT molecular complexity index is 445. The Labute approximate surface area is 66.6 Å². The van der Waals surface area contributed by atoms with Crippen LogP contribution in [0, 0.1) is 0 Å². The minimum absolute atomic E-state index is 0.417. The Balaban J connectivity index is 2.97. The van der Waals surface area contributed by atoms with Crippen molar-refractivity contribution in [1.82, 2.24) is 18.9 Å². The minimum atomic E-state index is -0.423. The third kappa shape index (κ3) is 0.911. The van der Waals surface area contributed by atoms with E-state index in [1.807, 2.05) is 0 Å². The highest BCUT2D eigenvalue weighted by atomic mass is 32.1. The van der Waals surface area contributed by atoms with Crippen molar-refractivity contribution in [2.75, 3.05) is 0 Å². The van der Waals surface area contributed by atoms with Crippen LogP contribution >= 0.6 is 12.8 Å². The van der Waals surface area contributed by atoms with E-state index >= 15 is 0 Å². The second-order valence-corrected chi connectivity index (χ2v) is 2.44. The van der Waals surface area contributed by atoms with Crippen LogP contribution in [-0.2, 0) is 0 Å². The molecule has 0 saturated carbocycles. The second-order valence-electron chi connectivity index (χ2n) is 2.01. The summed E-state index contributed by atoms with van der Waals surface area (Å²) < 4.78 is 1.10. The van der Waals surface area contributed by atoms with Crippen LogP contribution in [0.4, 0.5) is 0 Å². The molecule has 0 saturated heterocycles. The summed E-state index contributed by atoms with van der Waals surface area (Å²) in [6.45, 7) is 0. The van der Waals surface area contributed by atoms with Gasteiger partial charge < -0.3 is 4.98 Å². The zero-order valence-electron chi connectivity index (χ0n) is 5.35. The van der Waals surface area contributed by atoms with Crippen molar-refractivity contribution in [3.8, 4) is 0 Å². The number of nitrogens with one attached hydrogen (secondary N) is 1. The van der Waals surface area contributed by atoms with Crippen molar-refractivity contribution in [2.24, 2.45) is 0 Å². The lowest BCUT2D eigenvalue weighted by Crippen LogP contribution is -2.15. The standard InChI is InChI=1S/C5H4N4OS/c10-5-8-4-3(1-9(5)11)6-2-7-4/h1-2,11H,(H,6,7,8,10). The van der Waals surface area contributed by atoms with Gasteiger partial charge in [0, 0.05) is 6.20 Å². The Hall–Kier alpha value is -1.30. The first kappa shape index (κ1) is 6.41. The predicted octanol–water partition coefficient (Wildman–Crippen LogP) is -0.188. The molecule has 0 radical (unpaired) electrons. The Morgan fingerprint density at radius 1 is 1.64 bits per heavy atom. The SMILES string of the molecule is O=c1nc2nc[nH]c2cn1S. The summed E-state index contributed by atoms with van der Waals surface area (Å²) in [6, 6.07) is 0. The topological polar surface area (TPSA) is 63.6 Å². The van der Waals surface area contributed by atoms with E-state index in [1.165, 1.54) is 12.5 Å². The normalized spacial score (nSPS) is 10.6. The monoisotopic (exact) mass is 168 g/mol. The molecule has 0 aliphatic rings. The molecule has 0 spiro atoms. The molecule has 0 aliphatic heterocycles. The number of nitrogens with zero attached hydrogens (tertiary/aromatic N) is 3. The van der Waals surface area contributed by atoms with E-state index < -0.39 is 5.69 Å². The molecule has 1 N–H and O–H groups in total. The number of rotatable bonds is 0. The zero-order chi connectivity index (χ0) is 7.84. The van der Waals surface area contributed by atoms with Crippen molar-refractivity contribution in [1.29, 1.82) is 0 Å². The number of H-pyrrole nitrogens is 1. The molecule has 0 unspecified atom stereocenters. The van der Waals surface area contributed by atoms with Gasteiger partial charge in [0.15, 0.2) is 5.65 Å². The number of aromatic nitrogens is 4. The Morgan fingerprint density at radius 2 is 2.45 bits per heavy atom. The highest BCUT2D eigenvalue weighted by Gasteiger charge is 1.99. The summed E-state index contributed by atoms with van der Waals surface area (Å²) in [5.74, 6) is 0. The molecule has 2 rings (SSSR count). The first-order valence-electron chi connectivity index (χ1n) is 2.89. The lowest BCUT2D eigenvalue weighted by Gasteiger charge is -1.90. The third-order valence-corrected chi connectivity index (χ3v) is 1.58. The molecule has 0 amide bonds. The lowest BCUT2D eigenvalue weighted by atomic mass is 10.6. The molecular weight excluding hydrogens is 164 g/mol. The lowest BCUT2D eigenvalue weighted by molar-refractivity contribution is 1.05. The number of fused-ring (bicyclic) bond motifs is 1. The van der Waals surface area contributed by atoms with E-state index in [9.17, 15) is 4.79 Å². The first-order chi connectivity index (χ1) is 5.27. The summed E-state index contributed by atoms with van der Waals surface area (Å²) in [6.07, 6.45) is 3.01. The fraction of sp³-hybridized carbons (Fsp3) is 0. The Kier molecular flexibility index (Phi) is 1.22. The van der Waals surface area contributed by atoms with Crippen LogP contribution in [0.1, 0.15) is 0 Å². The summed E-state index contributed by atoms with van der Waals surface area (Å²) in [7, 11) is 0. The van der Waals surface area contributed by atoms with Crippen molar-refractivity contribution >= 4 is 24.0 Å². The molecule has 2 aromatic heterocycles. The average molecular weight is 168 g/mol. The van der Waals surface area contributed by atoms with Gasteiger partial charge in [-0.3, -0.25) is 0 Å². The summed E-state index contributed by atoms with van der Waals surface area (Å²) in [4.78, 5) is 21.1. The van der Waals surface area contributed by atoms with Gasteiger partial charge >= 0.3 is 5.69 Å². The number of aromatic amines is 1. The predicted molar refractivity (Wildman–Crippen MR) is 42.5 cm³/mol. The van der Waals surface area contributed by atoms with Gasteiger partial charge in [-0.25, -0.2) is 13.8 Å². The van der Waals surface area contributed by atoms with Crippen LogP contribution in [0.5, 0.6) is 0 Å². The highest BCUT2D eigenvalue weighted by molar-refractivity contribution is 7.78. The minimum Gasteiger partial charge on any atom is -0.342 e. The summed E-state index contributed by atoms with van der Waals surface area (Å²) >= 11 is 3.84. The van der Waals surface area contributed by atoms with Gasteiger partial charge in [-0.15, -0.1) is 0 Å². The molecule has 56 valence electrons. The van der Waals surface area contributed by atoms with Crippen molar-refractivity contribution in [3.05, 3.63) is 23.0 Å². The van der Waals surface area contributed by atoms with Crippen molar-refractivity contribution in [2.45, 2.75) is 0 Å². The first-order valence-corrected chi connectivity index (χ1v) is 3.29. The maximum absolute atomic E-state index is 10.9. The van der Waals surface area contributed by atoms with Crippen LogP contribution in [0.25, 0.3) is 11.2 Å². The van der Waals surface area contributed by atoms with Gasteiger partial charge in [0.1, 0.15) is 5.52 Å². The van der Waals surface area contributed by atoms with Crippen LogP contribution in [-0.4, -0.2) is 18.9 Å². The van der Waals surface area contributed by atoms with Crippen LogP contribution in [0.15, 0.2) is 17.3 Å². The van der Waals surface area contributed by atoms with Gasteiger partial charge in [0.2, 0.25) is 0 Å². The zero-order valence-corrected chi connectivity index (χ0v) is 6.25. The summed E-state index contributed by atoms with van der Waals surface area (Å²) in [5, 5.41) is 0. The largest absolute Gasteiger partial charge is 0.359 e. The van der Waals surface area contributed by atoms with E-state index in [-0.39, 0.29) is 0 Å². The molecule has 0 bridgehead atoms. The van der Waals surface area contributed by atoms with E-state index in [4.69, 9.17) is 0 Å². The van der Waals surface area contributed by atoms with E-state index in [2.05, 4.69) is 27.8 Å². The van der Waals surface area contributed by atoms with E-state index in [0.717, 1.165) is 3.97 Å². The molecule has 2 aromatic rings. The maximum Gasteiger partial charge on any atom is 0.359 e. The second kappa shape index (κ2) is 2.09. The molecule has 2 heterocycles. The maximum atomic E-state index is 10.9. The molecule has 0 aliphatic carbocycles. The molecule has 0 aromatic carbocycles. The quantitative estimate of drug-likeness (QED) is 0.536. The molecule has 0 atom stereocenters. The Morgan fingerprint density at radius 3 is 3.27 bits per heavy atom. The van der Waals surface area contributed by atoms with Crippen LogP contribution in [0.3, 0.4) is 0 Å². The highest BCUT2D eigenvalue weighted by Crippen LogP contribution is 2.00. The fourth-order valence-electron chi connectivity index (χ4n) is 0.800. The van der Waals surface area contributed by atoms with Gasteiger partial charge in [-0.2, -0.15) is 4.98 Å². The van der Waals surface area contributed by atoms with Crippen molar-refractivity contribution in [3.63, 3.8) is 0 Å². The van der Waals surface area contributed by atoms with Crippen LogP contribution in [0.2, 0.25) is 0 Å². The van der Waals surface area contributed by atoms with Gasteiger partial charge in [-0.05, 0) is 0 Å². The smallest absolute Gasteiger partial charge is 0.342 e. The molecular formula is C5H4N4OS. The third-order valence-electron chi connectivity index (χ3n) is 1.30. The van der Waals surface area contributed by atoms with Crippen molar-refractivity contribution < 1.29 is 0 Å². The number of imidazole rings is 1. The molecule has 6 heteroatoms. The fourth-order valence-corrected chi connectivity index (χ4v) is 0.961. The van der Waals surface area contributed by atoms with Gasteiger partial charge in [0.25, 0.3) is 0 Å². The van der Waals surface area contributed by atoms with E-state index in [1.54, 1.807) is 0 Å². The average Bonchev–Trinajstić information content (AvgIpc) is 2.36. The van der Waals surface area contributed by atoms with Gasteiger partial charge in [-0.1, -0.05) is 12.8 Å². The number of hydrogen-bond donors (Lipinski definition) is 2. The molecule has 0 fully saturated rings. The molecule has 5 nitrogen and oxygen atoms in total. The van der Waals surface area contributed by atoms with E-state index in [0.29, 0.717) is 11.2 Å². The number of hydrogen-bond acceptors (Lipinski definition) is 4. The number of thiol groups is 1.